The third-order valence-corrected chi connectivity index (χ3v) is 1.13. The molecule has 0 heterocycles. The Balaban J connectivity index is 2.50. The monoisotopic (exact) mass is 148 g/mol. The van der Waals surface area contributed by atoms with Crippen LogP contribution in [0.5, 0.6) is 0 Å². The Morgan fingerprint density at radius 1 is 1.64 bits per heavy atom. The van der Waals surface area contributed by atoms with Crippen molar-refractivity contribution < 1.29 is 4.84 Å². The first-order valence-electron chi connectivity index (χ1n) is 3.55. The molecule has 0 saturated carbocycles. The first kappa shape index (κ1) is 7.79. The van der Waals surface area contributed by atoms with E-state index in [1.807, 2.05) is 31.2 Å². The average molecular weight is 148 g/mol. The highest BCUT2D eigenvalue weighted by Crippen LogP contribution is 1.92. The summed E-state index contributed by atoms with van der Waals surface area (Å²) in [6, 6.07) is 10.6. The molecular formula is C9H10NO. The maximum atomic E-state index is 4.79. The summed E-state index contributed by atoms with van der Waals surface area (Å²) in [4.78, 5) is 4.79. The Bertz CT molecular complexity index is 218. The van der Waals surface area contributed by atoms with E-state index in [0.717, 1.165) is 5.56 Å². The van der Waals surface area contributed by atoms with Crippen LogP contribution in [0.15, 0.2) is 29.4 Å². The van der Waals surface area contributed by atoms with Crippen LogP contribution in [0, 0.1) is 6.07 Å². The molecule has 1 radical (unpaired) electrons. The van der Waals surface area contributed by atoms with E-state index in [1.165, 1.54) is 0 Å². The lowest BCUT2D eigenvalue weighted by atomic mass is 10.2. The molecule has 0 N–H and O–H groups in total. The highest BCUT2D eigenvalue weighted by Gasteiger charge is 1.82. The molecule has 0 unspecified atom stereocenters. The van der Waals surface area contributed by atoms with Crippen molar-refractivity contribution in [3.05, 3.63) is 35.9 Å². The van der Waals surface area contributed by atoms with E-state index in [0.29, 0.717) is 6.61 Å². The average Bonchev–Trinajstić information content (AvgIpc) is 2.07. The van der Waals surface area contributed by atoms with Gasteiger partial charge in [0.2, 0.25) is 0 Å². The third-order valence-electron chi connectivity index (χ3n) is 1.13. The van der Waals surface area contributed by atoms with E-state index >= 15 is 0 Å². The molecule has 0 aromatic heterocycles. The van der Waals surface area contributed by atoms with E-state index in [9.17, 15) is 0 Å². The standard InChI is InChI=1S/C9H10NO/c1-2-11-10-8-9-6-4-3-5-7-9/h3-6,8H,2H2,1H3/b10-8+. The molecule has 1 aromatic carbocycles. The summed E-state index contributed by atoms with van der Waals surface area (Å²) in [7, 11) is 0. The minimum atomic E-state index is 0.601. The van der Waals surface area contributed by atoms with Gasteiger partial charge in [0.05, 0.1) is 6.21 Å². The van der Waals surface area contributed by atoms with Crippen molar-refractivity contribution in [2.24, 2.45) is 5.16 Å². The van der Waals surface area contributed by atoms with Crippen molar-refractivity contribution in [2.75, 3.05) is 6.61 Å². The maximum absolute atomic E-state index is 4.79. The van der Waals surface area contributed by atoms with Crippen molar-refractivity contribution >= 4 is 6.21 Å². The fourth-order valence-electron chi connectivity index (χ4n) is 0.656. The topological polar surface area (TPSA) is 21.6 Å². The number of oxime groups is 1. The molecule has 11 heavy (non-hydrogen) atoms. The Hall–Kier alpha value is -1.31. The predicted molar refractivity (Wildman–Crippen MR) is 44.5 cm³/mol. The van der Waals surface area contributed by atoms with Gasteiger partial charge in [-0.05, 0) is 13.0 Å². The zero-order valence-electron chi connectivity index (χ0n) is 6.45. The molecule has 0 saturated heterocycles. The van der Waals surface area contributed by atoms with Gasteiger partial charge in [-0.1, -0.05) is 29.4 Å². The van der Waals surface area contributed by atoms with Crippen LogP contribution in [-0.2, 0) is 4.84 Å². The van der Waals surface area contributed by atoms with Gasteiger partial charge in [-0.25, -0.2) is 0 Å². The number of rotatable bonds is 3. The molecule has 0 aliphatic carbocycles. The lowest BCUT2D eigenvalue weighted by molar-refractivity contribution is 0.160. The molecule has 0 atom stereocenters. The summed E-state index contributed by atoms with van der Waals surface area (Å²) < 4.78 is 0. The smallest absolute Gasteiger partial charge is 0.114 e. The van der Waals surface area contributed by atoms with Crippen LogP contribution in [0.25, 0.3) is 0 Å². The minimum absolute atomic E-state index is 0.601. The maximum Gasteiger partial charge on any atom is 0.114 e. The fourth-order valence-corrected chi connectivity index (χ4v) is 0.656. The molecule has 2 nitrogen and oxygen atoms in total. The van der Waals surface area contributed by atoms with Crippen molar-refractivity contribution in [1.82, 2.24) is 0 Å². The minimum Gasteiger partial charge on any atom is -0.396 e. The second-order valence-corrected chi connectivity index (χ2v) is 1.97. The van der Waals surface area contributed by atoms with Gasteiger partial charge >= 0.3 is 0 Å². The van der Waals surface area contributed by atoms with Crippen LogP contribution < -0.4 is 0 Å². The van der Waals surface area contributed by atoms with Gasteiger partial charge in [0, 0.05) is 5.56 Å². The molecule has 0 aliphatic heterocycles. The van der Waals surface area contributed by atoms with Gasteiger partial charge in [0.1, 0.15) is 6.61 Å². The van der Waals surface area contributed by atoms with Crippen molar-refractivity contribution in [3.63, 3.8) is 0 Å². The van der Waals surface area contributed by atoms with Gasteiger partial charge in [0.15, 0.2) is 0 Å². The van der Waals surface area contributed by atoms with Crippen LogP contribution in [0.2, 0.25) is 0 Å². The summed E-state index contributed by atoms with van der Waals surface area (Å²) in [6.07, 6.45) is 1.64. The normalized spacial score (nSPS) is 10.3. The quantitative estimate of drug-likeness (QED) is 0.473. The summed E-state index contributed by atoms with van der Waals surface area (Å²) >= 11 is 0. The molecule has 0 fully saturated rings. The summed E-state index contributed by atoms with van der Waals surface area (Å²) in [5.74, 6) is 0. The van der Waals surface area contributed by atoms with Crippen LogP contribution >= 0.6 is 0 Å². The number of nitrogens with zero attached hydrogens (tertiary/aromatic N) is 1. The van der Waals surface area contributed by atoms with E-state index in [4.69, 9.17) is 4.84 Å². The molecular weight excluding hydrogens is 138 g/mol. The second-order valence-electron chi connectivity index (χ2n) is 1.97. The van der Waals surface area contributed by atoms with Gasteiger partial charge in [-0.15, -0.1) is 0 Å². The first-order chi connectivity index (χ1) is 5.43. The molecule has 0 bridgehead atoms. The van der Waals surface area contributed by atoms with E-state index in [2.05, 4.69) is 11.2 Å². The van der Waals surface area contributed by atoms with Crippen molar-refractivity contribution in [3.8, 4) is 0 Å². The lowest BCUT2D eigenvalue weighted by Crippen LogP contribution is -1.83. The van der Waals surface area contributed by atoms with Gasteiger partial charge in [-0.3, -0.25) is 0 Å². The molecule has 1 rings (SSSR count). The molecule has 1 aromatic rings. The molecule has 57 valence electrons. The van der Waals surface area contributed by atoms with E-state index < -0.39 is 0 Å². The first-order valence-corrected chi connectivity index (χ1v) is 3.55. The van der Waals surface area contributed by atoms with E-state index in [-0.39, 0.29) is 0 Å². The number of benzene rings is 1. The molecule has 0 aliphatic rings. The Labute approximate surface area is 66.5 Å². The number of hydrogen-bond acceptors (Lipinski definition) is 2. The Morgan fingerprint density at radius 2 is 2.55 bits per heavy atom. The fraction of sp³-hybridized carbons (Fsp3) is 0.222. The largest absolute Gasteiger partial charge is 0.396 e. The van der Waals surface area contributed by atoms with Gasteiger partial charge < -0.3 is 4.84 Å². The zero-order chi connectivity index (χ0) is 7.94. The highest BCUT2D eigenvalue weighted by molar-refractivity contribution is 5.78. The van der Waals surface area contributed by atoms with Crippen molar-refractivity contribution in [2.45, 2.75) is 6.92 Å². The van der Waals surface area contributed by atoms with Crippen LogP contribution in [0.4, 0.5) is 0 Å². The summed E-state index contributed by atoms with van der Waals surface area (Å²) in [6.45, 7) is 2.50. The second kappa shape index (κ2) is 4.50. The molecule has 0 spiro atoms. The summed E-state index contributed by atoms with van der Waals surface area (Å²) in [5, 5.41) is 3.70. The van der Waals surface area contributed by atoms with Crippen LogP contribution in [0.1, 0.15) is 12.5 Å². The van der Waals surface area contributed by atoms with Gasteiger partial charge in [-0.2, -0.15) is 0 Å². The lowest BCUT2D eigenvalue weighted by Gasteiger charge is -1.90. The van der Waals surface area contributed by atoms with Gasteiger partial charge in [0.25, 0.3) is 0 Å². The van der Waals surface area contributed by atoms with E-state index in [1.54, 1.807) is 6.21 Å². The molecule has 0 amide bonds. The Morgan fingerprint density at radius 3 is 3.18 bits per heavy atom. The number of hydrogen-bond donors (Lipinski definition) is 0. The zero-order valence-corrected chi connectivity index (χ0v) is 6.45. The van der Waals surface area contributed by atoms with Crippen molar-refractivity contribution in [1.29, 1.82) is 0 Å². The van der Waals surface area contributed by atoms with Crippen LogP contribution in [-0.4, -0.2) is 12.8 Å². The SMILES string of the molecule is CCO/N=C/c1[c]cccc1. The van der Waals surface area contributed by atoms with Crippen LogP contribution in [0.3, 0.4) is 0 Å². The Kier molecular flexibility index (Phi) is 3.19. The molecule has 2 heteroatoms. The predicted octanol–water partition coefficient (Wildman–Crippen LogP) is 1.86. The third kappa shape index (κ3) is 2.85. The summed E-state index contributed by atoms with van der Waals surface area (Å²) in [5.41, 5.74) is 0.931. The highest BCUT2D eigenvalue weighted by atomic mass is 16.6.